The van der Waals surface area contributed by atoms with Gasteiger partial charge in [0.05, 0.1) is 23.1 Å². The first-order chi connectivity index (χ1) is 12.9. The zero-order chi connectivity index (χ0) is 20.7. The van der Waals surface area contributed by atoms with E-state index in [2.05, 4.69) is 15.4 Å². The van der Waals surface area contributed by atoms with E-state index >= 15 is 0 Å². The van der Waals surface area contributed by atoms with Crippen molar-refractivity contribution < 1.29 is 18.8 Å². The number of aromatic nitrogens is 3. The molecule has 0 unspecified atom stereocenters. The Bertz CT molecular complexity index is 840. The number of nitrogens with one attached hydrogen (secondary N) is 1. The monoisotopic (exact) mass is 386 g/mol. The van der Waals surface area contributed by atoms with E-state index in [1.54, 1.807) is 29.2 Å². The molecule has 3 heterocycles. The van der Waals surface area contributed by atoms with Crippen LogP contribution in [0.2, 0.25) is 0 Å². The maximum Gasteiger partial charge on any atom is 0.498 e. The van der Waals surface area contributed by atoms with Crippen LogP contribution in [-0.2, 0) is 14.0 Å². The molecule has 9 heteroatoms. The Labute approximate surface area is 165 Å². The summed E-state index contributed by atoms with van der Waals surface area (Å²) in [5.41, 5.74) is -0.0242. The zero-order valence-corrected chi connectivity index (χ0v) is 17.4. The predicted octanol–water partition coefficient (Wildman–Crippen LogP) is 2.91. The van der Waals surface area contributed by atoms with E-state index in [0.717, 1.165) is 5.46 Å². The molecule has 0 atom stereocenters. The minimum Gasteiger partial charge on any atom is -0.444 e. The van der Waals surface area contributed by atoms with Crippen molar-refractivity contribution in [2.75, 3.05) is 5.32 Å². The summed E-state index contributed by atoms with van der Waals surface area (Å²) in [5.74, 6) is 0.609. The summed E-state index contributed by atoms with van der Waals surface area (Å²) in [4.78, 5) is 16.2. The van der Waals surface area contributed by atoms with Crippen LogP contribution >= 0.6 is 0 Å². The van der Waals surface area contributed by atoms with Crippen LogP contribution in [0.15, 0.2) is 30.7 Å². The summed E-state index contributed by atoms with van der Waals surface area (Å²) >= 11 is 0. The third-order valence-corrected chi connectivity index (χ3v) is 4.76. The molecule has 28 heavy (non-hydrogen) atoms. The molecule has 1 aliphatic heterocycles. The number of hydrogen-bond donors (Lipinski definition) is 1. The number of carbonyl (C=O) groups excluding carboxylic acids is 1. The van der Waals surface area contributed by atoms with Crippen molar-refractivity contribution in [3.8, 4) is 5.82 Å². The van der Waals surface area contributed by atoms with Crippen LogP contribution in [0.4, 0.5) is 10.5 Å². The van der Waals surface area contributed by atoms with E-state index in [4.69, 9.17) is 14.0 Å². The molecule has 0 bridgehead atoms. The van der Waals surface area contributed by atoms with E-state index in [1.807, 2.05) is 54.7 Å². The Morgan fingerprint density at radius 2 is 1.79 bits per heavy atom. The maximum atomic E-state index is 11.8. The van der Waals surface area contributed by atoms with Crippen LogP contribution in [0.25, 0.3) is 5.82 Å². The summed E-state index contributed by atoms with van der Waals surface area (Å²) in [6.07, 6.45) is 4.56. The summed E-state index contributed by atoms with van der Waals surface area (Å²) in [6.45, 7) is 13.5. The molecule has 1 amide bonds. The number of hydrogen-bond acceptors (Lipinski definition) is 6. The molecular formula is C19H27BN4O4. The van der Waals surface area contributed by atoms with E-state index in [-0.39, 0.29) is 0 Å². The number of anilines is 1. The van der Waals surface area contributed by atoms with Gasteiger partial charge in [-0.05, 0) is 60.6 Å². The Morgan fingerprint density at radius 3 is 2.32 bits per heavy atom. The van der Waals surface area contributed by atoms with Crippen LogP contribution in [-0.4, -0.2) is 44.8 Å². The number of ether oxygens (including phenoxy) is 1. The molecular weight excluding hydrogens is 359 g/mol. The number of carbonyl (C=O) groups is 1. The van der Waals surface area contributed by atoms with Gasteiger partial charge in [0, 0.05) is 17.9 Å². The van der Waals surface area contributed by atoms with Gasteiger partial charge in [0.2, 0.25) is 0 Å². The fourth-order valence-corrected chi connectivity index (χ4v) is 2.58. The molecule has 0 saturated carbocycles. The molecule has 3 rings (SSSR count). The van der Waals surface area contributed by atoms with Crippen molar-refractivity contribution in [1.29, 1.82) is 0 Å². The third-order valence-electron chi connectivity index (χ3n) is 4.76. The lowest BCUT2D eigenvalue weighted by Gasteiger charge is -2.32. The molecule has 0 radical (unpaired) electrons. The second-order valence-corrected chi connectivity index (χ2v) is 8.84. The topological polar surface area (TPSA) is 87.5 Å². The normalized spacial score (nSPS) is 18.2. The standard InChI is InChI=1S/C19H27BN4O4/c1-17(2,3)26-16(25)23-14-8-9-15(21-11-14)24-12-13(10-22-24)20-27-18(4,5)19(6,7)28-20/h8-12H,1-7H3,(H,23,25). The highest BCUT2D eigenvalue weighted by molar-refractivity contribution is 6.62. The van der Waals surface area contributed by atoms with E-state index in [9.17, 15) is 4.79 Å². The largest absolute Gasteiger partial charge is 0.498 e. The Hall–Kier alpha value is -2.39. The highest BCUT2D eigenvalue weighted by Gasteiger charge is 2.52. The Balaban J connectivity index is 1.68. The lowest BCUT2D eigenvalue weighted by atomic mass is 9.82. The van der Waals surface area contributed by atoms with E-state index in [0.29, 0.717) is 11.5 Å². The summed E-state index contributed by atoms with van der Waals surface area (Å²) in [6, 6.07) is 3.50. The predicted molar refractivity (Wildman–Crippen MR) is 107 cm³/mol. The highest BCUT2D eigenvalue weighted by Crippen LogP contribution is 2.36. The maximum absolute atomic E-state index is 11.8. The zero-order valence-electron chi connectivity index (χ0n) is 17.4. The van der Waals surface area contributed by atoms with Gasteiger partial charge in [0.15, 0.2) is 5.82 Å². The molecule has 0 aromatic carbocycles. The number of rotatable bonds is 3. The van der Waals surface area contributed by atoms with Crippen LogP contribution < -0.4 is 10.8 Å². The van der Waals surface area contributed by atoms with Gasteiger partial charge in [-0.2, -0.15) is 5.10 Å². The minimum absolute atomic E-state index is 0.410. The number of nitrogens with zero attached hydrogens (tertiary/aromatic N) is 3. The quantitative estimate of drug-likeness (QED) is 0.817. The van der Waals surface area contributed by atoms with Crippen molar-refractivity contribution in [1.82, 2.24) is 14.8 Å². The smallest absolute Gasteiger partial charge is 0.444 e. The van der Waals surface area contributed by atoms with Crippen LogP contribution in [0, 0.1) is 0 Å². The van der Waals surface area contributed by atoms with Crippen molar-refractivity contribution in [3.63, 3.8) is 0 Å². The summed E-state index contributed by atoms with van der Waals surface area (Å²) < 4.78 is 19.0. The molecule has 2 aromatic rings. The second kappa shape index (κ2) is 6.90. The lowest BCUT2D eigenvalue weighted by molar-refractivity contribution is 0.00578. The van der Waals surface area contributed by atoms with Crippen LogP contribution in [0.5, 0.6) is 0 Å². The first-order valence-electron chi connectivity index (χ1n) is 9.23. The molecule has 1 fully saturated rings. The van der Waals surface area contributed by atoms with Crippen molar-refractivity contribution in [2.24, 2.45) is 0 Å². The number of amides is 1. The molecule has 1 saturated heterocycles. The van der Waals surface area contributed by atoms with Crippen molar-refractivity contribution in [3.05, 3.63) is 30.7 Å². The number of pyridine rings is 1. The van der Waals surface area contributed by atoms with Crippen molar-refractivity contribution in [2.45, 2.75) is 65.3 Å². The fraction of sp³-hybridized carbons (Fsp3) is 0.526. The molecule has 1 N–H and O–H groups in total. The highest BCUT2D eigenvalue weighted by atomic mass is 16.7. The Morgan fingerprint density at radius 1 is 1.14 bits per heavy atom. The molecule has 8 nitrogen and oxygen atoms in total. The average molecular weight is 386 g/mol. The first-order valence-corrected chi connectivity index (χ1v) is 9.23. The van der Waals surface area contributed by atoms with Crippen LogP contribution in [0.1, 0.15) is 48.5 Å². The van der Waals surface area contributed by atoms with Gasteiger partial charge in [-0.3, -0.25) is 5.32 Å². The van der Waals surface area contributed by atoms with Gasteiger partial charge >= 0.3 is 13.2 Å². The van der Waals surface area contributed by atoms with E-state index in [1.165, 1.54) is 0 Å². The van der Waals surface area contributed by atoms with Gasteiger partial charge in [-0.25, -0.2) is 14.5 Å². The SMILES string of the molecule is CC(C)(C)OC(=O)Nc1ccc(-n2cc(B3OC(C)(C)C(C)(C)O3)cn2)nc1. The molecule has 0 aliphatic carbocycles. The molecule has 1 aliphatic rings. The first kappa shape index (κ1) is 20.4. The summed E-state index contributed by atoms with van der Waals surface area (Å²) in [7, 11) is -0.480. The van der Waals surface area contributed by atoms with Gasteiger partial charge in [-0.1, -0.05) is 0 Å². The fourth-order valence-electron chi connectivity index (χ4n) is 2.58. The van der Waals surface area contributed by atoms with Gasteiger partial charge in [0.25, 0.3) is 0 Å². The molecule has 0 spiro atoms. The van der Waals surface area contributed by atoms with Crippen molar-refractivity contribution >= 4 is 24.4 Å². The lowest BCUT2D eigenvalue weighted by Crippen LogP contribution is -2.41. The Kier molecular flexibility index (Phi) is 5.01. The van der Waals surface area contributed by atoms with Gasteiger partial charge < -0.3 is 14.0 Å². The van der Waals surface area contributed by atoms with E-state index < -0.39 is 30.0 Å². The van der Waals surface area contributed by atoms with Gasteiger partial charge in [0.1, 0.15) is 5.60 Å². The summed E-state index contributed by atoms with van der Waals surface area (Å²) in [5, 5.41) is 7.00. The third kappa shape index (κ3) is 4.36. The van der Waals surface area contributed by atoms with Crippen LogP contribution in [0.3, 0.4) is 0 Å². The van der Waals surface area contributed by atoms with Gasteiger partial charge in [-0.15, -0.1) is 0 Å². The molecule has 2 aromatic heterocycles. The minimum atomic E-state index is -0.559. The second-order valence-electron chi connectivity index (χ2n) is 8.84. The molecule has 150 valence electrons. The average Bonchev–Trinajstić information content (AvgIpc) is 3.09.